The standard InChI is InChI=1S/C20H21F3N2O3/c1-19(2,17(26)24-12-13-7-4-5-10-16(13)28-3)18(27)25-15-9-6-8-14(11-15)20(21,22)23/h4-11H,12H2,1-3H3,(H,24,26)(H,25,27). The van der Waals surface area contributed by atoms with Gasteiger partial charge in [0, 0.05) is 17.8 Å². The molecule has 0 unspecified atom stereocenters. The van der Waals surface area contributed by atoms with Gasteiger partial charge in [0.25, 0.3) is 0 Å². The molecule has 0 aliphatic heterocycles. The minimum absolute atomic E-state index is 0.0366. The van der Waals surface area contributed by atoms with E-state index in [1.54, 1.807) is 24.3 Å². The summed E-state index contributed by atoms with van der Waals surface area (Å²) in [7, 11) is 1.51. The van der Waals surface area contributed by atoms with E-state index in [4.69, 9.17) is 4.74 Å². The molecular weight excluding hydrogens is 373 g/mol. The summed E-state index contributed by atoms with van der Waals surface area (Å²) in [5, 5.41) is 5.03. The van der Waals surface area contributed by atoms with Crippen LogP contribution in [0.5, 0.6) is 5.75 Å². The van der Waals surface area contributed by atoms with Crippen LogP contribution in [-0.2, 0) is 22.3 Å². The summed E-state index contributed by atoms with van der Waals surface area (Å²) in [6.07, 6.45) is -4.53. The van der Waals surface area contributed by atoms with Crippen molar-refractivity contribution in [2.75, 3.05) is 12.4 Å². The average Bonchev–Trinajstić information content (AvgIpc) is 2.65. The highest BCUT2D eigenvalue weighted by Gasteiger charge is 2.36. The molecule has 0 atom stereocenters. The molecule has 0 aromatic heterocycles. The number of methoxy groups -OCH3 is 1. The molecule has 0 heterocycles. The molecule has 0 saturated carbocycles. The summed E-state index contributed by atoms with van der Waals surface area (Å²) in [4.78, 5) is 25.0. The Morgan fingerprint density at radius 2 is 1.68 bits per heavy atom. The van der Waals surface area contributed by atoms with E-state index >= 15 is 0 Å². The summed E-state index contributed by atoms with van der Waals surface area (Å²) in [5.41, 5.74) is -1.70. The van der Waals surface area contributed by atoms with Crippen LogP contribution in [0.25, 0.3) is 0 Å². The van der Waals surface area contributed by atoms with Crippen molar-refractivity contribution in [3.8, 4) is 5.75 Å². The molecule has 0 saturated heterocycles. The number of nitrogens with one attached hydrogen (secondary N) is 2. The second kappa shape index (κ2) is 8.33. The number of alkyl halides is 3. The van der Waals surface area contributed by atoms with Crippen LogP contribution < -0.4 is 15.4 Å². The minimum Gasteiger partial charge on any atom is -0.496 e. The Labute approximate surface area is 160 Å². The third-order valence-corrected chi connectivity index (χ3v) is 4.21. The van der Waals surface area contributed by atoms with E-state index in [0.29, 0.717) is 5.75 Å². The van der Waals surface area contributed by atoms with Gasteiger partial charge in [-0.25, -0.2) is 0 Å². The highest BCUT2D eigenvalue weighted by Crippen LogP contribution is 2.31. The summed E-state index contributed by atoms with van der Waals surface area (Å²) >= 11 is 0. The lowest BCUT2D eigenvalue weighted by atomic mass is 9.90. The van der Waals surface area contributed by atoms with Gasteiger partial charge >= 0.3 is 6.18 Å². The maximum atomic E-state index is 12.8. The number of anilines is 1. The number of rotatable bonds is 6. The zero-order chi connectivity index (χ0) is 20.9. The molecule has 0 fully saturated rings. The first kappa shape index (κ1) is 21.3. The number of halogens is 3. The number of ether oxygens (including phenoxy) is 1. The van der Waals surface area contributed by atoms with Crippen molar-refractivity contribution < 1.29 is 27.5 Å². The van der Waals surface area contributed by atoms with Crippen molar-refractivity contribution in [3.05, 3.63) is 59.7 Å². The minimum atomic E-state index is -4.53. The van der Waals surface area contributed by atoms with Crippen LogP contribution >= 0.6 is 0 Å². The number of para-hydroxylation sites is 1. The van der Waals surface area contributed by atoms with E-state index in [-0.39, 0.29) is 12.2 Å². The normalized spacial score (nSPS) is 11.6. The molecule has 0 aliphatic carbocycles. The second-order valence-electron chi connectivity index (χ2n) is 6.65. The van der Waals surface area contributed by atoms with E-state index in [0.717, 1.165) is 17.7 Å². The average molecular weight is 394 g/mol. The van der Waals surface area contributed by atoms with E-state index in [1.165, 1.54) is 33.1 Å². The Kier molecular flexibility index (Phi) is 6.33. The predicted octanol–water partition coefficient (Wildman–Crippen LogP) is 4.00. The molecule has 0 spiro atoms. The van der Waals surface area contributed by atoms with E-state index in [2.05, 4.69) is 10.6 Å². The number of hydrogen-bond acceptors (Lipinski definition) is 3. The topological polar surface area (TPSA) is 67.4 Å². The van der Waals surface area contributed by atoms with Crippen molar-refractivity contribution in [1.29, 1.82) is 0 Å². The summed E-state index contributed by atoms with van der Waals surface area (Å²) < 4.78 is 43.6. The molecule has 2 aromatic carbocycles. The Morgan fingerprint density at radius 3 is 2.32 bits per heavy atom. The van der Waals surface area contributed by atoms with Gasteiger partial charge in [0.2, 0.25) is 11.8 Å². The van der Waals surface area contributed by atoms with Crippen molar-refractivity contribution in [3.63, 3.8) is 0 Å². The first-order chi connectivity index (χ1) is 13.1. The zero-order valence-corrected chi connectivity index (χ0v) is 15.7. The molecule has 28 heavy (non-hydrogen) atoms. The van der Waals surface area contributed by atoms with Crippen molar-refractivity contribution in [1.82, 2.24) is 5.32 Å². The Morgan fingerprint density at radius 1 is 1.00 bits per heavy atom. The van der Waals surface area contributed by atoms with Gasteiger partial charge in [-0.2, -0.15) is 13.2 Å². The number of amides is 2. The Hall–Kier alpha value is -3.03. The molecule has 2 amide bonds. The lowest BCUT2D eigenvalue weighted by Gasteiger charge is -2.23. The van der Waals surface area contributed by atoms with Gasteiger partial charge in [-0.1, -0.05) is 24.3 Å². The summed E-state index contributed by atoms with van der Waals surface area (Å²) in [6, 6.07) is 11.3. The molecular formula is C20H21F3N2O3. The molecule has 0 radical (unpaired) electrons. The van der Waals surface area contributed by atoms with Gasteiger partial charge in [0.1, 0.15) is 11.2 Å². The SMILES string of the molecule is COc1ccccc1CNC(=O)C(C)(C)C(=O)Nc1cccc(C(F)(F)F)c1. The third-order valence-electron chi connectivity index (χ3n) is 4.21. The highest BCUT2D eigenvalue weighted by atomic mass is 19.4. The Balaban J connectivity index is 2.06. The first-order valence-electron chi connectivity index (χ1n) is 8.44. The van der Waals surface area contributed by atoms with Crippen LogP contribution in [0.3, 0.4) is 0 Å². The van der Waals surface area contributed by atoms with Gasteiger partial charge in [0.15, 0.2) is 0 Å². The molecule has 2 rings (SSSR count). The second-order valence-corrected chi connectivity index (χ2v) is 6.65. The fourth-order valence-electron chi connectivity index (χ4n) is 2.41. The number of carbonyl (C=O) groups excluding carboxylic acids is 2. The fourth-order valence-corrected chi connectivity index (χ4v) is 2.41. The van der Waals surface area contributed by atoms with Crippen LogP contribution in [0.1, 0.15) is 25.0 Å². The number of benzene rings is 2. The lowest BCUT2D eigenvalue weighted by Crippen LogP contribution is -2.44. The summed E-state index contributed by atoms with van der Waals surface area (Å²) in [6.45, 7) is 2.93. The zero-order valence-electron chi connectivity index (χ0n) is 15.7. The fraction of sp³-hybridized carbons (Fsp3) is 0.300. The van der Waals surface area contributed by atoms with E-state index in [9.17, 15) is 22.8 Å². The van der Waals surface area contributed by atoms with Gasteiger partial charge in [-0.05, 0) is 38.1 Å². The van der Waals surface area contributed by atoms with Crippen LogP contribution in [0.2, 0.25) is 0 Å². The molecule has 5 nitrogen and oxygen atoms in total. The van der Waals surface area contributed by atoms with Gasteiger partial charge in [-0.15, -0.1) is 0 Å². The molecule has 0 aliphatic rings. The van der Waals surface area contributed by atoms with Crippen LogP contribution in [-0.4, -0.2) is 18.9 Å². The number of carbonyl (C=O) groups is 2. The highest BCUT2D eigenvalue weighted by molar-refractivity contribution is 6.09. The first-order valence-corrected chi connectivity index (χ1v) is 8.44. The van der Waals surface area contributed by atoms with Crippen LogP contribution in [0.15, 0.2) is 48.5 Å². The number of hydrogen-bond donors (Lipinski definition) is 2. The van der Waals surface area contributed by atoms with Gasteiger partial charge in [-0.3, -0.25) is 9.59 Å². The quantitative estimate of drug-likeness (QED) is 0.728. The van der Waals surface area contributed by atoms with Crippen molar-refractivity contribution >= 4 is 17.5 Å². The van der Waals surface area contributed by atoms with E-state index in [1.807, 2.05) is 0 Å². The molecule has 2 aromatic rings. The largest absolute Gasteiger partial charge is 0.496 e. The Bertz CT molecular complexity index is 864. The predicted molar refractivity (Wildman–Crippen MR) is 98.7 cm³/mol. The molecule has 0 bridgehead atoms. The maximum Gasteiger partial charge on any atom is 0.416 e. The van der Waals surface area contributed by atoms with Crippen molar-refractivity contribution in [2.24, 2.45) is 5.41 Å². The van der Waals surface area contributed by atoms with Crippen LogP contribution in [0.4, 0.5) is 18.9 Å². The third kappa shape index (κ3) is 5.03. The van der Waals surface area contributed by atoms with Gasteiger partial charge in [0.05, 0.1) is 12.7 Å². The molecule has 2 N–H and O–H groups in total. The monoisotopic (exact) mass is 394 g/mol. The smallest absolute Gasteiger partial charge is 0.416 e. The van der Waals surface area contributed by atoms with Crippen molar-refractivity contribution in [2.45, 2.75) is 26.6 Å². The van der Waals surface area contributed by atoms with Gasteiger partial charge < -0.3 is 15.4 Å². The lowest BCUT2D eigenvalue weighted by molar-refractivity contribution is -0.139. The van der Waals surface area contributed by atoms with Crippen LogP contribution in [0, 0.1) is 5.41 Å². The van der Waals surface area contributed by atoms with E-state index < -0.39 is 29.0 Å². The maximum absolute atomic E-state index is 12.8. The molecule has 8 heteroatoms. The summed E-state index contributed by atoms with van der Waals surface area (Å²) in [5.74, 6) is -0.693. The molecule has 150 valence electrons.